The van der Waals surface area contributed by atoms with Crippen LogP contribution in [-0.4, -0.2) is 42.3 Å². The summed E-state index contributed by atoms with van der Waals surface area (Å²) >= 11 is 0. The number of hydrogen-bond acceptors (Lipinski definition) is 2. The number of aliphatic hydroxyl groups is 1. The molecule has 0 aliphatic heterocycles. The maximum absolute atomic E-state index is 12.9. The number of amides is 1. The van der Waals surface area contributed by atoms with Crippen LogP contribution in [0.4, 0.5) is 13.2 Å². The largest absolute Gasteiger partial charge is 0.417 e. The highest BCUT2D eigenvalue weighted by Crippen LogP contribution is 2.33. The number of alkyl halides is 3. The minimum Gasteiger partial charge on any atom is -0.395 e. The molecule has 1 N–H and O–H groups in total. The molecule has 0 aliphatic rings. The van der Waals surface area contributed by atoms with E-state index in [1.165, 1.54) is 31.3 Å². The number of aliphatic hydroxyl groups excluding tert-OH is 1. The summed E-state index contributed by atoms with van der Waals surface area (Å²) < 4.78 is 38.8. The highest BCUT2D eigenvalue weighted by molar-refractivity contribution is 5.96. The Bertz CT molecular complexity index is 455. The highest BCUT2D eigenvalue weighted by Gasteiger charge is 2.35. The van der Waals surface area contributed by atoms with Crippen LogP contribution in [0.5, 0.6) is 0 Å². The first-order chi connectivity index (χ1) is 8.86. The molecule has 1 aromatic carbocycles. The van der Waals surface area contributed by atoms with Crippen molar-refractivity contribution in [2.45, 2.75) is 6.18 Å². The number of halogens is 3. The third kappa shape index (κ3) is 4.40. The Morgan fingerprint density at radius 1 is 1.32 bits per heavy atom. The molecule has 0 saturated heterocycles. The predicted octanol–water partition coefficient (Wildman–Crippen LogP) is 2.08. The van der Waals surface area contributed by atoms with Gasteiger partial charge in [0.15, 0.2) is 0 Å². The van der Waals surface area contributed by atoms with Crippen LogP contribution in [0.1, 0.15) is 5.56 Å². The maximum atomic E-state index is 12.9. The molecule has 0 fully saturated rings. The Hall–Kier alpha value is -1.82. The third-order valence-electron chi connectivity index (χ3n) is 2.47. The average Bonchev–Trinajstić information content (AvgIpc) is 2.35. The lowest BCUT2D eigenvalue weighted by Crippen LogP contribution is -2.29. The number of carbonyl (C=O) groups excluding carboxylic acids is 1. The number of benzene rings is 1. The first-order valence-electron chi connectivity index (χ1n) is 5.56. The van der Waals surface area contributed by atoms with Crippen molar-refractivity contribution in [2.75, 3.05) is 20.2 Å². The summed E-state index contributed by atoms with van der Waals surface area (Å²) in [6, 6.07) is 7.11. The van der Waals surface area contributed by atoms with Gasteiger partial charge in [-0.25, -0.2) is 0 Å². The van der Waals surface area contributed by atoms with Crippen LogP contribution in [0.2, 0.25) is 0 Å². The minimum absolute atomic E-state index is 0.0186. The Morgan fingerprint density at radius 2 is 1.89 bits per heavy atom. The van der Waals surface area contributed by atoms with Gasteiger partial charge in [-0.15, -0.1) is 0 Å². The van der Waals surface area contributed by atoms with Crippen molar-refractivity contribution >= 4 is 11.5 Å². The van der Waals surface area contributed by atoms with Crippen molar-refractivity contribution in [1.29, 1.82) is 0 Å². The molecule has 104 valence electrons. The van der Waals surface area contributed by atoms with Crippen LogP contribution < -0.4 is 0 Å². The van der Waals surface area contributed by atoms with E-state index in [9.17, 15) is 18.0 Å². The smallest absolute Gasteiger partial charge is 0.395 e. The van der Waals surface area contributed by atoms with Crippen molar-refractivity contribution in [2.24, 2.45) is 0 Å². The van der Waals surface area contributed by atoms with Gasteiger partial charge in [0.2, 0.25) is 5.91 Å². The van der Waals surface area contributed by atoms with Crippen LogP contribution in [0.3, 0.4) is 0 Å². The summed E-state index contributed by atoms with van der Waals surface area (Å²) in [4.78, 5) is 12.6. The number of likely N-dealkylation sites (N-methyl/N-ethyl adjacent to an activating group) is 1. The molecule has 1 aromatic rings. The van der Waals surface area contributed by atoms with E-state index >= 15 is 0 Å². The second-order valence-corrected chi connectivity index (χ2v) is 3.91. The molecule has 0 radical (unpaired) electrons. The van der Waals surface area contributed by atoms with Crippen LogP contribution in [0.25, 0.3) is 5.57 Å². The lowest BCUT2D eigenvalue weighted by atomic mass is 10.0. The molecule has 0 bridgehead atoms. The number of allylic oxidation sites excluding steroid dienone is 1. The molecule has 0 aliphatic carbocycles. The Labute approximate surface area is 109 Å². The fourth-order valence-corrected chi connectivity index (χ4v) is 1.44. The molecule has 0 atom stereocenters. The normalized spacial score (nSPS) is 12.4. The lowest BCUT2D eigenvalue weighted by Gasteiger charge is -2.16. The first-order valence-corrected chi connectivity index (χ1v) is 5.56. The van der Waals surface area contributed by atoms with Gasteiger partial charge in [-0.3, -0.25) is 4.79 Å². The van der Waals surface area contributed by atoms with E-state index in [0.29, 0.717) is 6.08 Å². The summed E-state index contributed by atoms with van der Waals surface area (Å²) in [5, 5.41) is 8.66. The summed E-state index contributed by atoms with van der Waals surface area (Å²) in [5.41, 5.74) is -1.07. The summed E-state index contributed by atoms with van der Waals surface area (Å²) in [6.45, 7) is -0.321. The highest BCUT2D eigenvalue weighted by atomic mass is 19.4. The van der Waals surface area contributed by atoms with Crippen molar-refractivity contribution < 1.29 is 23.1 Å². The topological polar surface area (TPSA) is 40.5 Å². The fraction of sp³-hybridized carbons (Fsp3) is 0.308. The van der Waals surface area contributed by atoms with Gasteiger partial charge in [0.05, 0.1) is 12.2 Å². The van der Waals surface area contributed by atoms with Crippen LogP contribution in [0, 0.1) is 0 Å². The van der Waals surface area contributed by atoms with E-state index in [1.807, 2.05) is 0 Å². The molecule has 3 nitrogen and oxygen atoms in total. The van der Waals surface area contributed by atoms with Gasteiger partial charge < -0.3 is 10.0 Å². The van der Waals surface area contributed by atoms with Crippen molar-refractivity contribution in [1.82, 2.24) is 4.90 Å². The standard InChI is InChI=1S/C13H14F3NO2/c1-17(7-8-18)12(19)9-11(13(14,15)16)10-5-3-2-4-6-10/h2-6,9,18H,7-8H2,1H3/b11-9-. The third-order valence-corrected chi connectivity index (χ3v) is 2.47. The second kappa shape index (κ2) is 6.38. The first kappa shape index (κ1) is 15.2. The molecule has 0 unspecified atom stereocenters. The van der Waals surface area contributed by atoms with Gasteiger partial charge in [-0.1, -0.05) is 30.3 Å². The molecule has 0 saturated carbocycles. The van der Waals surface area contributed by atoms with E-state index in [4.69, 9.17) is 5.11 Å². The minimum atomic E-state index is -4.61. The molecule has 1 amide bonds. The van der Waals surface area contributed by atoms with Gasteiger partial charge in [0.1, 0.15) is 0 Å². The summed E-state index contributed by atoms with van der Waals surface area (Å²) in [7, 11) is 1.33. The molecule has 6 heteroatoms. The molecular weight excluding hydrogens is 259 g/mol. The zero-order valence-electron chi connectivity index (χ0n) is 10.3. The lowest BCUT2D eigenvalue weighted by molar-refractivity contribution is -0.125. The van der Waals surface area contributed by atoms with Crippen LogP contribution in [0.15, 0.2) is 36.4 Å². The van der Waals surface area contributed by atoms with Crippen LogP contribution >= 0.6 is 0 Å². The molecule has 19 heavy (non-hydrogen) atoms. The molecule has 0 heterocycles. The summed E-state index contributed by atoms with van der Waals surface area (Å²) in [6.07, 6.45) is -4.07. The SMILES string of the molecule is CN(CCO)C(=O)/C=C(/c1ccccc1)C(F)(F)F. The second-order valence-electron chi connectivity index (χ2n) is 3.91. The quantitative estimate of drug-likeness (QED) is 0.853. The van der Waals surface area contributed by atoms with Gasteiger partial charge >= 0.3 is 6.18 Å². The van der Waals surface area contributed by atoms with E-state index in [-0.39, 0.29) is 18.7 Å². The van der Waals surface area contributed by atoms with Gasteiger partial charge in [-0.05, 0) is 5.56 Å². The predicted molar refractivity (Wildman–Crippen MR) is 65.2 cm³/mol. The van der Waals surface area contributed by atoms with Gasteiger partial charge in [0, 0.05) is 19.7 Å². The number of rotatable bonds is 4. The van der Waals surface area contributed by atoms with E-state index in [0.717, 1.165) is 4.90 Å². The molecule has 0 spiro atoms. The Kier molecular flexibility index (Phi) is 5.11. The zero-order valence-corrected chi connectivity index (χ0v) is 10.3. The summed E-state index contributed by atoms with van der Waals surface area (Å²) in [5.74, 6) is -0.801. The fourth-order valence-electron chi connectivity index (χ4n) is 1.44. The maximum Gasteiger partial charge on any atom is 0.417 e. The van der Waals surface area contributed by atoms with E-state index < -0.39 is 17.7 Å². The number of nitrogens with zero attached hydrogens (tertiary/aromatic N) is 1. The van der Waals surface area contributed by atoms with Gasteiger partial charge in [-0.2, -0.15) is 13.2 Å². The monoisotopic (exact) mass is 273 g/mol. The van der Waals surface area contributed by atoms with E-state index in [2.05, 4.69) is 0 Å². The van der Waals surface area contributed by atoms with Crippen molar-refractivity contribution in [3.63, 3.8) is 0 Å². The number of hydrogen-bond donors (Lipinski definition) is 1. The Balaban J connectivity index is 3.09. The average molecular weight is 273 g/mol. The van der Waals surface area contributed by atoms with Gasteiger partial charge in [0.25, 0.3) is 0 Å². The molecular formula is C13H14F3NO2. The molecule has 0 aromatic heterocycles. The zero-order chi connectivity index (χ0) is 14.5. The van der Waals surface area contributed by atoms with E-state index in [1.54, 1.807) is 6.07 Å². The van der Waals surface area contributed by atoms with Crippen molar-refractivity contribution in [3.8, 4) is 0 Å². The Morgan fingerprint density at radius 3 is 2.37 bits per heavy atom. The molecule has 1 rings (SSSR count). The number of carbonyl (C=O) groups is 1. The van der Waals surface area contributed by atoms with Crippen molar-refractivity contribution in [3.05, 3.63) is 42.0 Å². The van der Waals surface area contributed by atoms with Crippen LogP contribution in [-0.2, 0) is 4.79 Å².